The normalized spacial score (nSPS) is 15.6. The summed E-state index contributed by atoms with van der Waals surface area (Å²) < 4.78 is 4.86. The van der Waals surface area contributed by atoms with Crippen LogP contribution in [0.25, 0.3) is 60.1 Å². The lowest BCUT2D eigenvalue weighted by Gasteiger charge is -2.23. The second-order valence-electron chi connectivity index (χ2n) is 10.9. The molecule has 10 rings (SSSR count). The van der Waals surface area contributed by atoms with E-state index in [4.69, 9.17) is 4.99 Å². The monoisotopic (exact) mass is 510 g/mol. The van der Waals surface area contributed by atoms with Gasteiger partial charge in [-0.25, -0.2) is 4.99 Å². The van der Waals surface area contributed by atoms with Crippen molar-refractivity contribution in [3.05, 3.63) is 127 Å². The fraction of sp³-hybridized carbons (Fsp3) is 0.0278. The third-order valence-electron chi connectivity index (χ3n) is 8.84. The Kier molecular flexibility index (Phi) is 3.70. The van der Waals surface area contributed by atoms with Crippen LogP contribution in [0.5, 0.6) is 0 Å². The van der Waals surface area contributed by atoms with Gasteiger partial charge >= 0.3 is 0 Å². The quantitative estimate of drug-likeness (QED) is 0.235. The van der Waals surface area contributed by atoms with Gasteiger partial charge in [-0.05, 0) is 47.2 Å². The molecule has 4 heterocycles. The Morgan fingerprint density at radius 2 is 1.38 bits per heavy atom. The van der Waals surface area contributed by atoms with Gasteiger partial charge in [0, 0.05) is 32.8 Å². The fourth-order valence-electron chi connectivity index (χ4n) is 7.19. The molecule has 8 aromatic rings. The topological polar surface area (TPSA) is 34.2 Å². The minimum absolute atomic E-state index is 0.0297. The SMILES string of the molecule is c1ccc2c(c1)N=C1C(N2)c2cccc3c4ccc5c(c6ccccc6n5-c5ccc6ccccc6c5)c4n1c23. The van der Waals surface area contributed by atoms with E-state index in [1.165, 1.54) is 65.6 Å². The first-order chi connectivity index (χ1) is 19.8. The molecule has 0 saturated heterocycles. The number of para-hydroxylation sites is 4. The number of hydrogen-bond acceptors (Lipinski definition) is 2. The van der Waals surface area contributed by atoms with Gasteiger partial charge in [0.1, 0.15) is 11.9 Å². The summed E-state index contributed by atoms with van der Waals surface area (Å²) >= 11 is 0. The molecule has 0 fully saturated rings. The summed E-state index contributed by atoms with van der Waals surface area (Å²) in [6.07, 6.45) is 0. The Morgan fingerprint density at radius 3 is 2.35 bits per heavy atom. The molecular weight excluding hydrogens is 488 g/mol. The van der Waals surface area contributed by atoms with Gasteiger partial charge in [-0.3, -0.25) is 4.57 Å². The minimum Gasteiger partial charge on any atom is -0.370 e. The van der Waals surface area contributed by atoms with Gasteiger partial charge in [-0.15, -0.1) is 0 Å². The van der Waals surface area contributed by atoms with Crippen molar-refractivity contribution in [2.75, 3.05) is 5.32 Å². The van der Waals surface area contributed by atoms with E-state index in [2.05, 4.69) is 136 Å². The van der Waals surface area contributed by atoms with Crippen LogP contribution >= 0.6 is 0 Å². The van der Waals surface area contributed by atoms with E-state index >= 15 is 0 Å². The van der Waals surface area contributed by atoms with Crippen LogP contribution in [-0.4, -0.2) is 15.0 Å². The summed E-state index contributed by atoms with van der Waals surface area (Å²) in [4.78, 5) is 5.27. The summed E-state index contributed by atoms with van der Waals surface area (Å²) in [5, 5.41) is 11.4. The van der Waals surface area contributed by atoms with Gasteiger partial charge in [0.05, 0.1) is 33.4 Å². The van der Waals surface area contributed by atoms with Gasteiger partial charge in [0.25, 0.3) is 0 Å². The molecule has 6 aromatic carbocycles. The Morgan fingerprint density at radius 1 is 0.575 bits per heavy atom. The van der Waals surface area contributed by atoms with Crippen molar-refractivity contribution in [2.24, 2.45) is 4.99 Å². The van der Waals surface area contributed by atoms with Crippen molar-refractivity contribution in [1.82, 2.24) is 9.13 Å². The van der Waals surface area contributed by atoms with E-state index in [0.29, 0.717) is 0 Å². The zero-order valence-corrected chi connectivity index (χ0v) is 21.5. The highest BCUT2D eigenvalue weighted by Gasteiger charge is 2.36. The van der Waals surface area contributed by atoms with Crippen molar-refractivity contribution in [1.29, 1.82) is 0 Å². The Bertz CT molecular complexity index is 2420. The zero-order valence-electron chi connectivity index (χ0n) is 21.5. The fourth-order valence-corrected chi connectivity index (χ4v) is 7.19. The lowest BCUT2D eigenvalue weighted by molar-refractivity contribution is 1.02. The molecule has 1 atom stereocenters. The van der Waals surface area contributed by atoms with E-state index in [9.17, 15) is 0 Å². The van der Waals surface area contributed by atoms with Crippen LogP contribution in [0.3, 0.4) is 0 Å². The number of benzene rings is 6. The van der Waals surface area contributed by atoms with Gasteiger partial charge < -0.3 is 9.88 Å². The van der Waals surface area contributed by atoms with Crippen molar-refractivity contribution < 1.29 is 0 Å². The largest absolute Gasteiger partial charge is 0.370 e. The highest BCUT2D eigenvalue weighted by atomic mass is 15.2. The number of aromatic nitrogens is 2. The third-order valence-corrected chi connectivity index (χ3v) is 8.84. The molecular formula is C36H22N4. The predicted octanol–water partition coefficient (Wildman–Crippen LogP) is 9.10. The van der Waals surface area contributed by atoms with E-state index in [0.717, 1.165) is 17.2 Å². The molecule has 186 valence electrons. The molecule has 0 saturated carbocycles. The van der Waals surface area contributed by atoms with Gasteiger partial charge in [0.2, 0.25) is 0 Å². The molecule has 0 amide bonds. The Hall–Kier alpha value is -5.35. The van der Waals surface area contributed by atoms with E-state index in [1.54, 1.807) is 0 Å². The molecule has 0 spiro atoms. The zero-order chi connectivity index (χ0) is 25.9. The van der Waals surface area contributed by atoms with Crippen molar-refractivity contribution >= 4 is 71.6 Å². The number of nitrogens with zero attached hydrogens (tertiary/aromatic N) is 3. The molecule has 40 heavy (non-hydrogen) atoms. The molecule has 0 radical (unpaired) electrons. The van der Waals surface area contributed by atoms with Crippen molar-refractivity contribution in [3.63, 3.8) is 0 Å². The molecule has 1 unspecified atom stereocenters. The lowest BCUT2D eigenvalue weighted by Crippen LogP contribution is -2.24. The van der Waals surface area contributed by atoms with E-state index in [1.807, 2.05) is 0 Å². The standard InChI is InChI=1S/C36H22N4/c1-2-9-22-20-23(17-16-21(22)8-1)39-30-15-6-3-10-26(30)32-31(39)19-18-25-24-11-7-12-27-33-36(40(34(24)27)35(25)32)38-29-14-5-4-13-28(29)37-33/h1-20,33,37H. The molecule has 2 aliphatic rings. The number of rotatable bonds is 1. The van der Waals surface area contributed by atoms with Crippen LogP contribution in [0.15, 0.2) is 126 Å². The predicted molar refractivity (Wildman–Crippen MR) is 167 cm³/mol. The van der Waals surface area contributed by atoms with Crippen LogP contribution in [0.1, 0.15) is 11.6 Å². The van der Waals surface area contributed by atoms with Crippen LogP contribution < -0.4 is 5.32 Å². The average Bonchev–Trinajstić information content (AvgIpc) is 3.64. The smallest absolute Gasteiger partial charge is 0.141 e. The van der Waals surface area contributed by atoms with E-state index in [-0.39, 0.29) is 6.04 Å². The van der Waals surface area contributed by atoms with Crippen LogP contribution in [0.4, 0.5) is 11.4 Å². The van der Waals surface area contributed by atoms with Crippen LogP contribution in [-0.2, 0) is 0 Å². The Labute approximate surface area is 229 Å². The summed E-state index contributed by atoms with van der Waals surface area (Å²) in [5.74, 6) is 1.05. The summed E-state index contributed by atoms with van der Waals surface area (Å²) in [7, 11) is 0. The third kappa shape index (κ3) is 2.45. The summed E-state index contributed by atoms with van der Waals surface area (Å²) in [6, 6.07) is 43.9. The number of hydrogen-bond donors (Lipinski definition) is 1. The first-order valence-corrected chi connectivity index (χ1v) is 13.8. The molecule has 2 aliphatic heterocycles. The van der Waals surface area contributed by atoms with Crippen LogP contribution in [0, 0.1) is 0 Å². The van der Waals surface area contributed by atoms with Crippen LogP contribution in [0.2, 0.25) is 0 Å². The maximum Gasteiger partial charge on any atom is 0.141 e. The molecule has 0 aliphatic carbocycles. The van der Waals surface area contributed by atoms with Gasteiger partial charge in [0.15, 0.2) is 0 Å². The number of fused-ring (bicyclic) bond motifs is 12. The molecule has 2 aromatic heterocycles. The van der Waals surface area contributed by atoms with E-state index < -0.39 is 0 Å². The maximum atomic E-state index is 5.27. The highest BCUT2D eigenvalue weighted by Crippen LogP contribution is 2.48. The van der Waals surface area contributed by atoms with Gasteiger partial charge in [-0.2, -0.15) is 0 Å². The maximum absolute atomic E-state index is 5.27. The Balaban J connectivity index is 1.38. The first kappa shape index (κ1) is 20.6. The highest BCUT2D eigenvalue weighted by molar-refractivity contribution is 6.30. The minimum atomic E-state index is 0.0297. The van der Waals surface area contributed by atoms with Crippen molar-refractivity contribution in [2.45, 2.75) is 6.04 Å². The summed E-state index contributed by atoms with van der Waals surface area (Å²) in [5.41, 5.74) is 9.44. The second kappa shape index (κ2) is 7.19. The number of nitrogens with one attached hydrogen (secondary N) is 1. The molecule has 4 heteroatoms. The van der Waals surface area contributed by atoms with Gasteiger partial charge in [-0.1, -0.05) is 84.9 Å². The molecule has 1 N–H and O–H groups in total. The first-order valence-electron chi connectivity index (χ1n) is 13.8. The second-order valence-corrected chi connectivity index (χ2v) is 10.9. The molecule has 0 bridgehead atoms. The number of aliphatic imine (C=N–C) groups is 1. The van der Waals surface area contributed by atoms with Crippen molar-refractivity contribution in [3.8, 4) is 5.69 Å². The average molecular weight is 511 g/mol. The molecule has 4 nitrogen and oxygen atoms in total. The summed E-state index contributed by atoms with van der Waals surface area (Å²) in [6.45, 7) is 0. The number of anilines is 1. The lowest BCUT2D eigenvalue weighted by atomic mass is 10.0.